The normalized spacial score (nSPS) is 11.1. The average molecular weight is 1970 g/mol. The molecule has 0 fully saturated rings. The predicted molar refractivity (Wildman–Crippen MR) is 538 cm³/mol. The van der Waals surface area contributed by atoms with Crippen LogP contribution in [0.25, 0.3) is 24.3 Å². The third-order valence-electron chi connectivity index (χ3n) is 22.3. The van der Waals surface area contributed by atoms with E-state index in [0.29, 0.717) is 159 Å². The number of nitro benzene ring substituents is 2. The maximum absolute atomic E-state index is 14.3. The van der Waals surface area contributed by atoms with Crippen LogP contribution in [0.4, 0.5) is 11.4 Å². The van der Waals surface area contributed by atoms with Crippen molar-refractivity contribution in [2.45, 2.75) is 193 Å². The van der Waals surface area contributed by atoms with E-state index in [1.54, 1.807) is 95.2 Å². The van der Waals surface area contributed by atoms with E-state index in [4.69, 9.17) is 94.7 Å². The van der Waals surface area contributed by atoms with Crippen LogP contribution in [0.5, 0.6) is 80.5 Å². The fraction of sp³-hybridized carbons (Fsp3) is 0.436. The molecule has 0 saturated heterocycles. The summed E-state index contributed by atoms with van der Waals surface area (Å²) in [6.07, 6.45) is 36.2. The van der Waals surface area contributed by atoms with Crippen molar-refractivity contribution in [3.05, 3.63) is 235 Å². The van der Waals surface area contributed by atoms with Gasteiger partial charge in [0.2, 0.25) is 0 Å². The Hall–Kier alpha value is -14.5. The van der Waals surface area contributed by atoms with E-state index < -0.39 is 57.0 Å². The topological polar surface area (TPSA) is 373 Å². The van der Waals surface area contributed by atoms with Crippen molar-refractivity contribution in [1.82, 2.24) is 0 Å². The first-order valence-corrected chi connectivity index (χ1v) is 48.4. The Morgan fingerprint density at radius 2 is 0.458 bits per heavy atom. The van der Waals surface area contributed by atoms with Crippen LogP contribution < -0.4 is 66.3 Å². The molecule has 0 aliphatic rings. The van der Waals surface area contributed by atoms with Crippen molar-refractivity contribution in [2.75, 3.05) is 123 Å². The zero-order valence-electron chi connectivity index (χ0n) is 82.9. The zero-order chi connectivity index (χ0) is 102. The van der Waals surface area contributed by atoms with Crippen LogP contribution in [0.1, 0.15) is 234 Å². The highest BCUT2D eigenvalue weighted by Gasteiger charge is 2.23. The molecule has 32 heteroatoms. The summed E-state index contributed by atoms with van der Waals surface area (Å²) in [5.74, 6) is 4.35. The Kier molecular flexibility index (Phi) is 52.6. The number of methoxy groups -OCH3 is 8. The van der Waals surface area contributed by atoms with Gasteiger partial charge in [-0.15, -0.1) is 0 Å². The van der Waals surface area contributed by atoms with Crippen LogP contribution in [0.3, 0.4) is 0 Å². The highest BCUT2D eigenvalue weighted by Crippen LogP contribution is 2.37. The number of unbranched alkanes of at least 4 members (excludes halogenated alkanes) is 23. The molecule has 8 rings (SSSR count). The monoisotopic (exact) mass is 1960 g/mol. The first-order chi connectivity index (χ1) is 69.2. The summed E-state index contributed by atoms with van der Waals surface area (Å²) in [7, 11) is 11.6. The fourth-order valence-corrected chi connectivity index (χ4v) is 14.6. The van der Waals surface area contributed by atoms with Crippen LogP contribution in [0.2, 0.25) is 0 Å². The van der Waals surface area contributed by atoms with Crippen LogP contribution in [0, 0.1) is 20.2 Å². The number of benzene rings is 8. The van der Waals surface area contributed by atoms with E-state index >= 15 is 0 Å². The van der Waals surface area contributed by atoms with Crippen molar-refractivity contribution in [3.8, 4) is 80.5 Å². The number of nitro groups is 2. The summed E-state index contributed by atoms with van der Waals surface area (Å²) in [5, 5.41) is 22.9. The lowest BCUT2D eigenvalue weighted by molar-refractivity contribution is -0.394. The largest absolute Gasteiger partial charge is 0.493 e. The quantitative estimate of drug-likeness (QED) is 0.00853. The number of hydrogen-bond donors (Lipinski definition) is 0. The van der Waals surface area contributed by atoms with E-state index in [2.05, 4.69) is 0 Å². The number of non-ortho nitro benzene ring substituents is 2. The Balaban J connectivity index is 0.927. The number of carbonyl (C=O) groups excluding carboxylic acids is 6. The Morgan fingerprint density at radius 3 is 0.690 bits per heavy atom. The lowest BCUT2D eigenvalue weighted by atomic mass is 10.1. The maximum atomic E-state index is 14.3. The standard InChI is InChI=1S/C110H136N2O30/c1-123-101-67-81(41-49-105(113)127-5)37-45-97(101)135-57-31-21-13-9-17-27-53-131-91-63-85(64-92(76-91)132-54-28-18-10-14-22-32-58-136-98-46-38-82(68-102(98)124-2)42-50-106(114)128-6)79-141-95-73-88(110(118)140-62-36-26-25-35-61-139-109(117)87-71-89(111(119)120)75-90(72-87)112(121)122)74-96(78-95)142-80-86-65-93(133-55-29-19-11-15-23-33-59-137-99-47-39-83(69-103(99)125-3)43-51-107(115)129-7)77-94(66-86)134-56-30-20-12-16-24-34-60-138-100-48-40-84(70-104(100)126-4)44-52-108(116)130-8/h37-52,63-78H,9-36,53-62,79-80H2,1-8H3/b49-41+,50-42+,51-43+,52-44+. The molecule has 0 aliphatic heterocycles. The molecule has 142 heavy (non-hydrogen) atoms. The summed E-state index contributed by atoms with van der Waals surface area (Å²) in [6.45, 7) is 3.90. The SMILES string of the molecule is COC(=O)/C=C/c1ccc(OCCCCCCCCOc2cc(COc3cc(OCc4cc(OCCCCCCCCOc5ccc(/C=C/C(=O)OC)cc5OC)cc(OCCCCCCCCOc5ccc(/C=C/C(=O)OC)cc5OC)c4)cc(C(=O)OCCCCCCOC(=O)c4cc([N+](=O)[O-])cc([N+](=O)[O-])c4)c3)cc(OCCCCCCCCOc3ccc(/C=C/C(=O)OC)cc3OC)c2)c(OC)c1. The van der Waals surface area contributed by atoms with Gasteiger partial charge in [0.25, 0.3) is 11.4 Å². The molecule has 0 amide bonds. The van der Waals surface area contributed by atoms with Gasteiger partial charge in [-0.25, -0.2) is 28.8 Å². The van der Waals surface area contributed by atoms with Gasteiger partial charge in [0, 0.05) is 54.6 Å². The van der Waals surface area contributed by atoms with E-state index in [1.165, 1.54) is 52.7 Å². The molecule has 0 radical (unpaired) electrons. The molecule has 0 saturated carbocycles. The number of rotatable bonds is 73. The second-order valence-corrected chi connectivity index (χ2v) is 33.2. The van der Waals surface area contributed by atoms with Gasteiger partial charge in [0.1, 0.15) is 47.7 Å². The molecular formula is C110H136N2O30. The Labute approximate surface area is 831 Å². The number of esters is 6. The Morgan fingerprint density at radius 1 is 0.239 bits per heavy atom. The summed E-state index contributed by atoms with van der Waals surface area (Å²) in [4.78, 5) is 95.1. The number of ether oxygens (including phenoxy) is 20. The number of hydrogen-bond acceptors (Lipinski definition) is 30. The summed E-state index contributed by atoms with van der Waals surface area (Å²) in [6, 6.07) is 40.9. The summed E-state index contributed by atoms with van der Waals surface area (Å²) >= 11 is 0. The first kappa shape index (κ1) is 113. The van der Waals surface area contributed by atoms with Gasteiger partial charge in [-0.1, -0.05) is 127 Å². The zero-order valence-corrected chi connectivity index (χ0v) is 82.9. The lowest BCUT2D eigenvalue weighted by Crippen LogP contribution is -2.09. The van der Waals surface area contributed by atoms with E-state index in [9.17, 15) is 49.0 Å². The molecule has 0 spiro atoms. The average Bonchev–Trinajstić information content (AvgIpc) is 0.851. The molecular weight excluding hydrogens is 1830 g/mol. The highest BCUT2D eigenvalue weighted by atomic mass is 16.6. The second kappa shape index (κ2) is 66.2. The van der Waals surface area contributed by atoms with Gasteiger partial charge < -0.3 is 94.7 Å². The molecule has 0 atom stereocenters. The van der Waals surface area contributed by atoms with Crippen molar-refractivity contribution >= 4 is 71.5 Å². The predicted octanol–water partition coefficient (Wildman–Crippen LogP) is 23.2. The van der Waals surface area contributed by atoms with Gasteiger partial charge in [-0.05, 0) is 220 Å². The highest BCUT2D eigenvalue weighted by molar-refractivity contribution is 5.92. The molecule has 0 heterocycles. The fourth-order valence-electron chi connectivity index (χ4n) is 14.6. The van der Waals surface area contributed by atoms with Crippen LogP contribution in [0.15, 0.2) is 170 Å². The molecule has 32 nitrogen and oxygen atoms in total. The molecule has 8 aromatic rings. The third-order valence-corrected chi connectivity index (χ3v) is 22.3. The smallest absolute Gasteiger partial charge is 0.338 e. The first-order valence-electron chi connectivity index (χ1n) is 48.4. The molecule has 0 unspecified atom stereocenters. The van der Waals surface area contributed by atoms with Gasteiger partial charge in [0.15, 0.2) is 46.0 Å². The minimum atomic E-state index is -0.941. The summed E-state index contributed by atoms with van der Waals surface area (Å²) < 4.78 is 116. The minimum Gasteiger partial charge on any atom is -0.493 e. The molecule has 0 N–H and O–H groups in total. The van der Waals surface area contributed by atoms with Crippen LogP contribution in [-0.4, -0.2) is 169 Å². The number of nitrogens with zero attached hydrogens (tertiary/aromatic N) is 2. The van der Waals surface area contributed by atoms with E-state index in [1.807, 2.05) is 84.9 Å². The van der Waals surface area contributed by atoms with Gasteiger partial charge >= 0.3 is 35.8 Å². The van der Waals surface area contributed by atoms with Crippen molar-refractivity contribution < 1.29 is 133 Å². The Bertz CT molecular complexity index is 4840. The molecule has 0 bridgehead atoms. The van der Waals surface area contributed by atoms with Crippen molar-refractivity contribution in [1.29, 1.82) is 0 Å². The summed E-state index contributed by atoms with van der Waals surface area (Å²) in [5.41, 5.74) is 3.16. The van der Waals surface area contributed by atoms with Crippen LogP contribution in [-0.2, 0) is 60.8 Å². The lowest BCUT2D eigenvalue weighted by Gasteiger charge is -2.16. The maximum Gasteiger partial charge on any atom is 0.338 e. The van der Waals surface area contributed by atoms with Gasteiger partial charge in [-0.3, -0.25) is 20.2 Å². The second-order valence-electron chi connectivity index (χ2n) is 33.2. The minimum absolute atomic E-state index is 0.0308. The van der Waals surface area contributed by atoms with Gasteiger partial charge in [-0.2, -0.15) is 0 Å². The number of carbonyl (C=O) groups is 6. The van der Waals surface area contributed by atoms with Crippen LogP contribution >= 0.6 is 0 Å². The van der Waals surface area contributed by atoms with E-state index in [0.717, 1.165) is 206 Å². The van der Waals surface area contributed by atoms with Crippen molar-refractivity contribution in [2.24, 2.45) is 0 Å². The molecule has 8 aromatic carbocycles. The van der Waals surface area contributed by atoms with Crippen molar-refractivity contribution in [3.63, 3.8) is 0 Å². The third kappa shape index (κ3) is 43.9. The molecule has 0 aromatic heterocycles. The van der Waals surface area contributed by atoms with Gasteiger partial charge in [0.05, 0.1) is 150 Å². The molecule has 0 aliphatic carbocycles. The molecule has 766 valence electrons. The van der Waals surface area contributed by atoms with E-state index in [-0.39, 0.29) is 37.6 Å².